The van der Waals surface area contributed by atoms with Crippen LogP contribution in [0, 0.1) is 13.8 Å². The number of carbonyl (C=O) groups is 1. The van der Waals surface area contributed by atoms with Gasteiger partial charge in [-0.25, -0.2) is 4.98 Å². The number of rotatable bonds is 5. The molecule has 3 aromatic rings. The third-order valence-electron chi connectivity index (χ3n) is 3.66. The number of furan rings is 1. The molecule has 0 aliphatic carbocycles. The van der Waals surface area contributed by atoms with Crippen molar-refractivity contribution in [2.75, 3.05) is 6.61 Å². The van der Waals surface area contributed by atoms with E-state index in [1.54, 1.807) is 18.3 Å². The summed E-state index contributed by atoms with van der Waals surface area (Å²) in [5.74, 6) is 0.269. The van der Waals surface area contributed by atoms with Gasteiger partial charge in [0.15, 0.2) is 5.13 Å². The second-order valence-corrected chi connectivity index (χ2v) is 6.03. The second kappa shape index (κ2) is 6.39. The summed E-state index contributed by atoms with van der Waals surface area (Å²) < 4.78 is 7.20. The number of aromatic nitrogens is 2. The van der Waals surface area contributed by atoms with Gasteiger partial charge in [-0.05, 0) is 32.0 Å². The SMILES string of the molecule is Cc1cc(C(=O)NC(CO)c2ccco2)c(C)n1-c1nccs1. The van der Waals surface area contributed by atoms with Crippen LogP contribution in [0.4, 0.5) is 0 Å². The van der Waals surface area contributed by atoms with E-state index >= 15 is 0 Å². The highest BCUT2D eigenvalue weighted by Crippen LogP contribution is 2.23. The molecule has 0 saturated heterocycles. The first-order valence-corrected chi connectivity index (χ1v) is 8.03. The number of hydrogen-bond donors (Lipinski definition) is 2. The predicted molar refractivity (Wildman–Crippen MR) is 86.9 cm³/mol. The maximum Gasteiger partial charge on any atom is 0.253 e. The minimum absolute atomic E-state index is 0.232. The molecule has 0 bridgehead atoms. The summed E-state index contributed by atoms with van der Waals surface area (Å²) in [6, 6.07) is 4.70. The lowest BCUT2D eigenvalue weighted by Crippen LogP contribution is -2.30. The topological polar surface area (TPSA) is 80.3 Å². The molecule has 0 fully saturated rings. The van der Waals surface area contributed by atoms with E-state index in [0.29, 0.717) is 11.3 Å². The van der Waals surface area contributed by atoms with Gasteiger partial charge in [-0.2, -0.15) is 0 Å². The van der Waals surface area contributed by atoms with Gasteiger partial charge in [0.05, 0.1) is 18.4 Å². The van der Waals surface area contributed by atoms with Gasteiger partial charge in [-0.15, -0.1) is 11.3 Å². The summed E-state index contributed by atoms with van der Waals surface area (Å²) in [6.07, 6.45) is 3.25. The minimum atomic E-state index is -0.569. The Morgan fingerprint density at radius 1 is 1.52 bits per heavy atom. The van der Waals surface area contributed by atoms with E-state index in [2.05, 4.69) is 10.3 Å². The fraction of sp³-hybridized carbons (Fsp3) is 0.250. The van der Waals surface area contributed by atoms with Gasteiger partial charge in [0.1, 0.15) is 11.8 Å². The maximum atomic E-state index is 12.6. The van der Waals surface area contributed by atoms with E-state index in [0.717, 1.165) is 16.5 Å². The van der Waals surface area contributed by atoms with Crippen molar-refractivity contribution in [2.45, 2.75) is 19.9 Å². The zero-order valence-electron chi connectivity index (χ0n) is 12.8. The number of hydrogen-bond acceptors (Lipinski definition) is 5. The predicted octanol–water partition coefficient (Wildman–Crippen LogP) is 2.61. The highest BCUT2D eigenvalue weighted by molar-refractivity contribution is 7.12. The van der Waals surface area contributed by atoms with Crippen LogP contribution in [0.25, 0.3) is 5.13 Å². The number of nitrogens with zero attached hydrogens (tertiary/aromatic N) is 2. The van der Waals surface area contributed by atoms with Crippen molar-refractivity contribution in [1.29, 1.82) is 0 Å². The third-order valence-corrected chi connectivity index (χ3v) is 4.42. The molecule has 0 aliphatic rings. The first-order valence-electron chi connectivity index (χ1n) is 7.15. The molecule has 120 valence electrons. The number of aliphatic hydroxyl groups is 1. The van der Waals surface area contributed by atoms with Crippen LogP contribution in [-0.4, -0.2) is 27.2 Å². The Morgan fingerprint density at radius 3 is 2.96 bits per heavy atom. The van der Waals surface area contributed by atoms with Gasteiger partial charge in [0, 0.05) is 23.0 Å². The van der Waals surface area contributed by atoms with Gasteiger partial charge in [-0.3, -0.25) is 9.36 Å². The van der Waals surface area contributed by atoms with Crippen LogP contribution in [0.15, 0.2) is 40.5 Å². The Bertz CT molecular complexity index is 791. The minimum Gasteiger partial charge on any atom is -0.467 e. The van der Waals surface area contributed by atoms with Crippen LogP contribution in [0.2, 0.25) is 0 Å². The number of aliphatic hydroxyl groups excluding tert-OH is 1. The Kier molecular flexibility index (Phi) is 4.31. The normalized spacial score (nSPS) is 12.3. The van der Waals surface area contributed by atoms with E-state index < -0.39 is 6.04 Å². The molecule has 1 unspecified atom stereocenters. The Hall–Kier alpha value is -2.38. The molecule has 7 heteroatoms. The summed E-state index contributed by atoms with van der Waals surface area (Å²) in [5, 5.41) is 15.0. The molecule has 2 N–H and O–H groups in total. The number of aryl methyl sites for hydroxylation is 1. The van der Waals surface area contributed by atoms with Gasteiger partial charge in [0.2, 0.25) is 0 Å². The monoisotopic (exact) mass is 331 g/mol. The lowest BCUT2D eigenvalue weighted by molar-refractivity contribution is 0.0906. The summed E-state index contributed by atoms with van der Waals surface area (Å²) >= 11 is 1.51. The summed E-state index contributed by atoms with van der Waals surface area (Å²) in [6.45, 7) is 3.58. The quantitative estimate of drug-likeness (QED) is 0.753. The van der Waals surface area contributed by atoms with Crippen LogP contribution in [0.5, 0.6) is 0 Å². The zero-order valence-corrected chi connectivity index (χ0v) is 13.6. The molecule has 0 saturated carbocycles. The molecule has 0 aromatic carbocycles. The van der Waals surface area contributed by atoms with Crippen LogP contribution in [-0.2, 0) is 0 Å². The first-order chi connectivity index (χ1) is 11.1. The van der Waals surface area contributed by atoms with Crippen molar-refractivity contribution in [3.63, 3.8) is 0 Å². The Balaban J connectivity index is 1.87. The molecule has 23 heavy (non-hydrogen) atoms. The van der Waals surface area contributed by atoms with Crippen LogP contribution in [0.1, 0.15) is 33.5 Å². The average Bonchev–Trinajstić information content (AvgIpc) is 3.26. The summed E-state index contributed by atoms with van der Waals surface area (Å²) in [7, 11) is 0. The molecule has 0 aliphatic heterocycles. The van der Waals surface area contributed by atoms with E-state index in [4.69, 9.17) is 4.42 Å². The second-order valence-electron chi connectivity index (χ2n) is 5.16. The fourth-order valence-corrected chi connectivity index (χ4v) is 3.30. The smallest absolute Gasteiger partial charge is 0.253 e. The van der Waals surface area contributed by atoms with E-state index in [1.165, 1.54) is 17.6 Å². The van der Waals surface area contributed by atoms with Crippen molar-refractivity contribution in [3.05, 3.63) is 58.8 Å². The van der Waals surface area contributed by atoms with Crippen LogP contribution < -0.4 is 5.32 Å². The Morgan fingerprint density at radius 2 is 2.35 bits per heavy atom. The van der Waals surface area contributed by atoms with E-state index in [9.17, 15) is 9.90 Å². The highest BCUT2D eigenvalue weighted by Gasteiger charge is 2.22. The van der Waals surface area contributed by atoms with Crippen molar-refractivity contribution in [2.24, 2.45) is 0 Å². The lowest BCUT2D eigenvalue weighted by Gasteiger charge is -2.14. The molecule has 3 aromatic heterocycles. The number of amides is 1. The largest absolute Gasteiger partial charge is 0.467 e. The standard InChI is InChI=1S/C16H17N3O3S/c1-10-8-12(11(2)19(10)16-17-5-7-23-16)15(21)18-13(9-20)14-4-3-6-22-14/h3-8,13,20H,9H2,1-2H3,(H,18,21). The molecular weight excluding hydrogens is 314 g/mol. The van der Waals surface area contributed by atoms with Crippen molar-refractivity contribution in [3.8, 4) is 5.13 Å². The molecular formula is C16H17N3O3S. The maximum absolute atomic E-state index is 12.6. The van der Waals surface area contributed by atoms with Crippen molar-refractivity contribution < 1.29 is 14.3 Å². The number of carbonyl (C=O) groups excluding carboxylic acids is 1. The molecule has 3 heterocycles. The van der Waals surface area contributed by atoms with Crippen LogP contribution >= 0.6 is 11.3 Å². The molecule has 1 atom stereocenters. The van der Waals surface area contributed by atoms with Gasteiger partial charge in [-0.1, -0.05) is 0 Å². The molecule has 6 nitrogen and oxygen atoms in total. The van der Waals surface area contributed by atoms with Crippen molar-refractivity contribution in [1.82, 2.24) is 14.9 Å². The lowest BCUT2D eigenvalue weighted by atomic mass is 10.2. The zero-order chi connectivity index (χ0) is 16.4. The molecule has 3 rings (SSSR count). The highest BCUT2D eigenvalue weighted by atomic mass is 32.1. The van der Waals surface area contributed by atoms with Gasteiger partial charge in [0.25, 0.3) is 5.91 Å². The van der Waals surface area contributed by atoms with Crippen LogP contribution in [0.3, 0.4) is 0 Å². The van der Waals surface area contributed by atoms with Gasteiger partial charge < -0.3 is 14.8 Å². The number of nitrogens with one attached hydrogen (secondary N) is 1. The third kappa shape index (κ3) is 2.93. The molecule has 0 radical (unpaired) electrons. The van der Waals surface area contributed by atoms with E-state index in [-0.39, 0.29) is 12.5 Å². The molecule has 0 spiro atoms. The Labute approximate surface area is 137 Å². The average molecular weight is 331 g/mol. The number of thiazole rings is 1. The fourth-order valence-electron chi connectivity index (χ4n) is 2.55. The molecule has 1 amide bonds. The summed E-state index contributed by atoms with van der Waals surface area (Å²) in [4.78, 5) is 16.9. The first kappa shape index (κ1) is 15.5. The van der Waals surface area contributed by atoms with E-state index in [1.807, 2.05) is 29.9 Å². The summed E-state index contributed by atoms with van der Waals surface area (Å²) in [5.41, 5.74) is 2.30. The van der Waals surface area contributed by atoms with Gasteiger partial charge >= 0.3 is 0 Å². The van der Waals surface area contributed by atoms with Crippen molar-refractivity contribution >= 4 is 17.2 Å².